The second-order valence-electron chi connectivity index (χ2n) is 7.74. The minimum absolute atomic E-state index is 0.0263. The molecule has 1 aliphatic heterocycles. The highest BCUT2D eigenvalue weighted by Crippen LogP contribution is 2.30. The Morgan fingerprint density at radius 1 is 1.20 bits per heavy atom. The van der Waals surface area contributed by atoms with Gasteiger partial charge >= 0.3 is 0 Å². The molecule has 2 heterocycles. The SMILES string of the molecule is CC(c1nc2ccccc2s1)N(C)C(=O)C1CCCN(C(=O)c2ccc(F)cc2)C1. The molecule has 1 fully saturated rings. The molecule has 0 saturated carbocycles. The molecule has 7 heteroatoms. The highest BCUT2D eigenvalue weighted by Gasteiger charge is 2.32. The average Bonchev–Trinajstić information content (AvgIpc) is 3.22. The van der Waals surface area contributed by atoms with Gasteiger partial charge in [0.1, 0.15) is 10.8 Å². The van der Waals surface area contributed by atoms with Crippen molar-refractivity contribution in [2.75, 3.05) is 20.1 Å². The lowest BCUT2D eigenvalue weighted by molar-refractivity contribution is -0.137. The first-order chi connectivity index (χ1) is 14.4. The van der Waals surface area contributed by atoms with Gasteiger partial charge < -0.3 is 9.80 Å². The molecule has 0 spiro atoms. The predicted molar refractivity (Wildman–Crippen MR) is 116 cm³/mol. The first kappa shape index (κ1) is 20.5. The van der Waals surface area contributed by atoms with E-state index in [1.165, 1.54) is 24.3 Å². The Kier molecular flexibility index (Phi) is 5.81. The molecule has 3 aromatic rings. The number of para-hydroxylation sites is 1. The van der Waals surface area contributed by atoms with Crippen LogP contribution in [0, 0.1) is 11.7 Å². The zero-order chi connectivity index (χ0) is 21.3. The smallest absolute Gasteiger partial charge is 0.253 e. The third-order valence-electron chi connectivity index (χ3n) is 5.75. The monoisotopic (exact) mass is 425 g/mol. The number of fused-ring (bicyclic) bond motifs is 1. The maximum atomic E-state index is 13.2. The molecule has 4 rings (SSSR count). The third-order valence-corrected chi connectivity index (χ3v) is 6.95. The molecule has 2 unspecified atom stereocenters. The summed E-state index contributed by atoms with van der Waals surface area (Å²) in [4.78, 5) is 34.1. The minimum atomic E-state index is -0.372. The van der Waals surface area contributed by atoms with Crippen LogP contribution in [0.2, 0.25) is 0 Å². The molecule has 1 saturated heterocycles. The number of benzene rings is 2. The number of nitrogens with zero attached hydrogens (tertiary/aromatic N) is 3. The van der Waals surface area contributed by atoms with E-state index in [-0.39, 0.29) is 29.6 Å². The number of amides is 2. The molecule has 30 heavy (non-hydrogen) atoms. The van der Waals surface area contributed by atoms with Crippen LogP contribution in [-0.4, -0.2) is 46.7 Å². The Bertz CT molecular complexity index is 1030. The number of aromatic nitrogens is 1. The summed E-state index contributed by atoms with van der Waals surface area (Å²) in [6, 6.07) is 13.4. The van der Waals surface area contributed by atoms with Gasteiger partial charge in [-0.3, -0.25) is 9.59 Å². The summed E-state index contributed by atoms with van der Waals surface area (Å²) >= 11 is 1.60. The Morgan fingerprint density at radius 3 is 2.67 bits per heavy atom. The number of thiazole rings is 1. The topological polar surface area (TPSA) is 53.5 Å². The Hall–Kier alpha value is -2.80. The van der Waals surface area contributed by atoms with Gasteiger partial charge in [-0.1, -0.05) is 12.1 Å². The quantitative estimate of drug-likeness (QED) is 0.618. The van der Waals surface area contributed by atoms with Gasteiger partial charge in [-0.25, -0.2) is 9.37 Å². The summed E-state index contributed by atoms with van der Waals surface area (Å²) in [5.41, 5.74) is 1.39. The van der Waals surface area contributed by atoms with Gasteiger partial charge in [0.05, 0.1) is 22.2 Å². The van der Waals surface area contributed by atoms with E-state index < -0.39 is 0 Å². The van der Waals surface area contributed by atoms with E-state index in [2.05, 4.69) is 4.98 Å². The number of rotatable bonds is 4. The first-order valence-electron chi connectivity index (χ1n) is 10.1. The van der Waals surface area contributed by atoms with Crippen molar-refractivity contribution in [2.45, 2.75) is 25.8 Å². The maximum absolute atomic E-state index is 13.2. The summed E-state index contributed by atoms with van der Waals surface area (Å²) in [5, 5.41) is 0.905. The van der Waals surface area contributed by atoms with Crippen LogP contribution >= 0.6 is 11.3 Å². The van der Waals surface area contributed by atoms with Crippen molar-refractivity contribution in [3.63, 3.8) is 0 Å². The van der Waals surface area contributed by atoms with Crippen LogP contribution in [-0.2, 0) is 4.79 Å². The van der Waals surface area contributed by atoms with Crippen molar-refractivity contribution < 1.29 is 14.0 Å². The highest BCUT2D eigenvalue weighted by molar-refractivity contribution is 7.18. The molecule has 156 valence electrons. The number of carbonyl (C=O) groups excluding carboxylic acids is 2. The van der Waals surface area contributed by atoms with Crippen LogP contribution in [0.25, 0.3) is 10.2 Å². The maximum Gasteiger partial charge on any atom is 0.253 e. The fourth-order valence-electron chi connectivity index (χ4n) is 3.85. The lowest BCUT2D eigenvalue weighted by Gasteiger charge is -2.35. The van der Waals surface area contributed by atoms with Crippen LogP contribution in [0.15, 0.2) is 48.5 Å². The second kappa shape index (κ2) is 8.52. The van der Waals surface area contributed by atoms with Gasteiger partial charge in [0.25, 0.3) is 5.91 Å². The van der Waals surface area contributed by atoms with Gasteiger partial charge in [0.15, 0.2) is 0 Å². The summed E-state index contributed by atoms with van der Waals surface area (Å²) in [5.74, 6) is -0.749. The van der Waals surface area contributed by atoms with E-state index in [0.717, 1.165) is 28.1 Å². The molecule has 2 aromatic carbocycles. The van der Waals surface area contributed by atoms with E-state index in [9.17, 15) is 14.0 Å². The average molecular weight is 426 g/mol. The van der Waals surface area contributed by atoms with Crippen molar-refractivity contribution in [1.29, 1.82) is 0 Å². The minimum Gasteiger partial charge on any atom is -0.338 e. The fraction of sp³-hybridized carbons (Fsp3) is 0.348. The van der Waals surface area contributed by atoms with Crippen LogP contribution in [0.3, 0.4) is 0 Å². The number of hydrogen-bond donors (Lipinski definition) is 0. The molecule has 1 aliphatic rings. The van der Waals surface area contributed by atoms with Gasteiger partial charge in [-0.2, -0.15) is 0 Å². The fourth-order valence-corrected chi connectivity index (χ4v) is 4.91. The third kappa shape index (κ3) is 4.07. The van der Waals surface area contributed by atoms with Crippen molar-refractivity contribution >= 4 is 33.4 Å². The number of likely N-dealkylation sites (tertiary alicyclic amines) is 1. The summed E-state index contributed by atoms with van der Waals surface area (Å²) in [6.45, 7) is 2.98. The lowest BCUT2D eigenvalue weighted by Crippen LogP contribution is -2.46. The van der Waals surface area contributed by atoms with Gasteiger partial charge in [-0.05, 0) is 56.2 Å². The van der Waals surface area contributed by atoms with Crippen LogP contribution in [0.4, 0.5) is 4.39 Å². The van der Waals surface area contributed by atoms with Crippen LogP contribution in [0.1, 0.15) is 41.2 Å². The molecule has 0 aliphatic carbocycles. The zero-order valence-electron chi connectivity index (χ0n) is 17.0. The molecule has 1 aromatic heterocycles. The second-order valence-corrected chi connectivity index (χ2v) is 8.80. The predicted octanol–water partition coefficient (Wildman–Crippen LogP) is 4.51. The molecule has 0 bridgehead atoms. The molecule has 0 radical (unpaired) electrons. The van der Waals surface area contributed by atoms with Gasteiger partial charge in [0, 0.05) is 25.7 Å². The van der Waals surface area contributed by atoms with E-state index in [4.69, 9.17) is 0 Å². The lowest BCUT2D eigenvalue weighted by atomic mass is 9.95. The molecular weight excluding hydrogens is 401 g/mol. The zero-order valence-corrected chi connectivity index (χ0v) is 17.9. The summed E-state index contributed by atoms with van der Waals surface area (Å²) in [6.07, 6.45) is 1.52. The Morgan fingerprint density at radius 2 is 1.93 bits per heavy atom. The van der Waals surface area contributed by atoms with Crippen molar-refractivity contribution in [3.8, 4) is 0 Å². The molecule has 2 amide bonds. The van der Waals surface area contributed by atoms with Crippen LogP contribution < -0.4 is 0 Å². The van der Waals surface area contributed by atoms with Crippen molar-refractivity contribution in [3.05, 3.63) is 64.9 Å². The molecule has 5 nitrogen and oxygen atoms in total. The first-order valence-corrected chi connectivity index (χ1v) is 10.9. The van der Waals surface area contributed by atoms with Gasteiger partial charge in [0.2, 0.25) is 5.91 Å². The van der Waals surface area contributed by atoms with E-state index in [1.54, 1.807) is 28.2 Å². The van der Waals surface area contributed by atoms with E-state index in [0.29, 0.717) is 18.7 Å². The van der Waals surface area contributed by atoms with E-state index in [1.807, 2.05) is 31.2 Å². The van der Waals surface area contributed by atoms with Gasteiger partial charge in [-0.15, -0.1) is 11.3 Å². The number of halogens is 1. The van der Waals surface area contributed by atoms with Crippen LogP contribution in [0.5, 0.6) is 0 Å². The summed E-state index contributed by atoms with van der Waals surface area (Å²) in [7, 11) is 1.81. The summed E-state index contributed by atoms with van der Waals surface area (Å²) < 4.78 is 14.3. The van der Waals surface area contributed by atoms with Crippen molar-refractivity contribution in [1.82, 2.24) is 14.8 Å². The molecule has 2 atom stereocenters. The Labute approximate surface area is 179 Å². The molecule has 0 N–H and O–H groups in total. The van der Waals surface area contributed by atoms with Crippen molar-refractivity contribution in [2.24, 2.45) is 5.92 Å². The number of hydrogen-bond acceptors (Lipinski definition) is 4. The highest BCUT2D eigenvalue weighted by atomic mass is 32.1. The Balaban J connectivity index is 1.45. The number of carbonyl (C=O) groups is 2. The largest absolute Gasteiger partial charge is 0.338 e. The molecular formula is C23H24FN3O2S. The standard InChI is InChI=1S/C23H24FN3O2S/c1-15(21-25-19-7-3-4-8-20(19)30-21)26(2)22(28)17-6-5-13-27(14-17)23(29)16-9-11-18(24)12-10-16/h3-4,7-12,15,17H,5-6,13-14H2,1-2H3. The number of piperidine rings is 1. The van der Waals surface area contributed by atoms with E-state index >= 15 is 0 Å². The normalized spacial score (nSPS) is 17.7.